The molecule has 1 fully saturated rings. The van der Waals surface area contributed by atoms with Crippen LogP contribution in [0.15, 0.2) is 34.7 Å². The standard InChI is InChI=1S/C20H21FN4O2S2/c1-13-10-17(14(2)25(13)16-5-3-4-15(21)11-16)18(26)12-28-20-23-22-19(29-20)24-6-8-27-9-7-24/h3-5,10-11H,6-9,12H2,1-2H3. The van der Waals surface area contributed by atoms with Crippen LogP contribution in [0.2, 0.25) is 0 Å². The van der Waals surface area contributed by atoms with Crippen LogP contribution < -0.4 is 4.90 Å². The van der Waals surface area contributed by atoms with Crippen LogP contribution in [0, 0.1) is 19.7 Å². The second-order valence-corrected chi connectivity index (χ2v) is 8.94. The number of aryl methyl sites for hydroxylation is 1. The first kappa shape index (κ1) is 20.1. The summed E-state index contributed by atoms with van der Waals surface area (Å²) in [5.41, 5.74) is 3.07. The van der Waals surface area contributed by atoms with Crippen LogP contribution in [-0.2, 0) is 4.74 Å². The summed E-state index contributed by atoms with van der Waals surface area (Å²) in [5.74, 6) is 0.00482. The van der Waals surface area contributed by atoms with Crippen molar-refractivity contribution in [1.29, 1.82) is 0 Å². The van der Waals surface area contributed by atoms with Crippen molar-refractivity contribution < 1.29 is 13.9 Å². The number of rotatable bonds is 6. The Kier molecular flexibility index (Phi) is 5.98. The zero-order chi connectivity index (χ0) is 20.4. The third-order valence-corrected chi connectivity index (χ3v) is 6.92. The Morgan fingerprint density at radius 1 is 1.24 bits per heavy atom. The molecule has 1 aliphatic heterocycles. The van der Waals surface area contributed by atoms with Gasteiger partial charge in [-0.05, 0) is 38.1 Å². The molecule has 0 atom stereocenters. The van der Waals surface area contributed by atoms with Crippen molar-refractivity contribution in [2.75, 3.05) is 37.0 Å². The molecule has 1 aliphatic rings. The molecule has 0 unspecified atom stereocenters. The number of hydrogen-bond acceptors (Lipinski definition) is 7. The van der Waals surface area contributed by atoms with Gasteiger partial charge in [-0.3, -0.25) is 4.79 Å². The monoisotopic (exact) mass is 432 g/mol. The predicted octanol–water partition coefficient (Wildman–Crippen LogP) is 3.90. The largest absolute Gasteiger partial charge is 0.378 e. The quantitative estimate of drug-likeness (QED) is 0.435. The fourth-order valence-corrected chi connectivity index (χ4v) is 5.18. The van der Waals surface area contributed by atoms with Crippen molar-refractivity contribution in [2.45, 2.75) is 18.2 Å². The highest BCUT2D eigenvalue weighted by Gasteiger charge is 2.19. The number of halogens is 1. The number of nitrogens with zero attached hydrogens (tertiary/aromatic N) is 4. The molecule has 0 radical (unpaired) electrons. The zero-order valence-corrected chi connectivity index (χ0v) is 17.9. The van der Waals surface area contributed by atoms with Crippen molar-refractivity contribution in [3.05, 3.63) is 53.1 Å². The highest BCUT2D eigenvalue weighted by atomic mass is 32.2. The number of carbonyl (C=O) groups excluding carboxylic acids is 1. The number of carbonyl (C=O) groups is 1. The SMILES string of the molecule is Cc1cc(C(=O)CSc2nnc(N3CCOCC3)s2)c(C)n1-c1cccc(F)c1. The van der Waals surface area contributed by atoms with Crippen molar-refractivity contribution in [1.82, 2.24) is 14.8 Å². The number of benzene rings is 1. The summed E-state index contributed by atoms with van der Waals surface area (Å²) in [5, 5.41) is 9.32. The highest BCUT2D eigenvalue weighted by molar-refractivity contribution is 8.01. The van der Waals surface area contributed by atoms with Gasteiger partial charge in [0.15, 0.2) is 10.1 Å². The van der Waals surface area contributed by atoms with Crippen molar-refractivity contribution in [2.24, 2.45) is 0 Å². The first-order valence-electron chi connectivity index (χ1n) is 9.30. The molecule has 4 rings (SSSR count). The summed E-state index contributed by atoms with van der Waals surface area (Å²) in [4.78, 5) is 15.0. The number of morpholine rings is 1. The van der Waals surface area contributed by atoms with E-state index in [9.17, 15) is 9.18 Å². The summed E-state index contributed by atoms with van der Waals surface area (Å²) >= 11 is 2.90. The molecule has 0 bridgehead atoms. The topological polar surface area (TPSA) is 60.3 Å². The fourth-order valence-electron chi connectivity index (χ4n) is 3.41. The molecule has 152 valence electrons. The lowest BCUT2D eigenvalue weighted by atomic mass is 10.2. The zero-order valence-electron chi connectivity index (χ0n) is 16.2. The van der Waals surface area contributed by atoms with Crippen LogP contribution in [0.5, 0.6) is 0 Å². The number of anilines is 1. The first-order valence-corrected chi connectivity index (χ1v) is 11.1. The van der Waals surface area contributed by atoms with Crippen molar-refractivity contribution in [3.63, 3.8) is 0 Å². The molecule has 3 aromatic rings. The van der Waals surface area contributed by atoms with Crippen LogP contribution in [0.4, 0.5) is 9.52 Å². The maximum atomic E-state index is 13.6. The number of thioether (sulfide) groups is 1. The number of hydrogen-bond donors (Lipinski definition) is 0. The molecule has 0 N–H and O–H groups in total. The number of aromatic nitrogens is 3. The van der Waals surface area contributed by atoms with Gasteiger partial charge in [0.2, 0.25) is 5.13 Å². The second kappa shape index (κ2) is 8.64. The molecular weight excluding hydrogens is 411 g/mol. The van der Waals surface area contributed by atoms with Gasteiger partial charge in [-0.1, -0.05) is 29.2 Å². The smallest absolute Gasteiger partial charge is 0.209 e. The highest BCUT2D eigenvalue weighted by Crippen LogP contribution is 2.30. The van der Waals surface area contributed by atoms with E-state index >= 15 is 0 Å². The normalized spacial score (nSPS) is 14.4. The van der Waals surface area contributed by atoms with Gasteiger partial charge in [-0.2, -0.15) is 0 Å². The molecule has 0 spiro atoms. The molecule has 2 aromatic heterocycles. The average molecular weight is 433 g/mol. The lowest BCUT2D eigenvalue weighted by Gasteiger charge is -2.25. The maximum absolute atomic E-state index is 13.6. The maximum Gasteiger partial charge on any atom is 0.209 e. The molecule has 9 heteroatoms. The van der Waals surface area contributed by atoms with Gasteiger partial charge in [0.1, 0.15) is 5.82 Å². The van der Waals surface area contributed by atoms with E-state index < -0.39 is 0 Å². The Balaban J connectivity index is 1.45. The minimum absolute atomic E-state index is 0.0221. The lowest BCUT2D eigenvalue weighted by Crippen LogP contribution is -2.36. The van der Waals surface area contributed by atoms with Crippen LogP contribution in [-0.4, -0.2) is 52.6 Å². The fraction of sp³-hybridized carbons (Fsp3) is 0.350. The lowest BCUT2D eigenvalue weighted by molar-refractivity contribution is 0.102. The Bertz CT molecular complexity index is 1030. The Hall–Kier alpha value is -2.23. The molecule has 0 amide bonds. The van der Waals surface area contributed by atoms with E-state index in [4.69, 9.17) is 4.74 Å². The molecule has 0 saturated carbocycles. The van der Waals surface area contributed by atoms with Gasteiger partial charge < -0.3 is 14.2 Å². The van der Waals surface area contributed by atoms with E-state index in [1.807, 2.05) is 30.5 Å². The molecule has 6 nitrogen and oxygen atoms in total. The van der Waals surface area contributed by atoms with E-state index in [0.29, 0.717) is 24.5 Å². The summed E-state index contributed by atoms with van der Waals surface area (Å²) in [6.45, 7) is 6.82. The van der Waals surface area contributed by atoms with Gasteiger partial charge in [0.25, 0.3) is 0 Å². The van der Waals surface area contributed by atoms with Crippen LogP contribution >= 0.6 is 23.1 Å². The molecule has 29 heavy (non-hydrogen) atoms. The third kappa shape index (κ3) is 4.36. The first-order chi connectivity index (χ1) is 14.0. The Labute approximate surface area is 176 Å². The van der Waals surface area contributed by atoms with Crippen LogP contribution in [0.3, 0.4) is 0 Å². The van der Waals surface area contributed by atoms with Crippen molar-refractivity contribution >= 4 is 34.0 Å². The summed E-state index contributed by atoms with van der Waals surface area (Å²) in [6, 6.07) is 8.25. The van der Waals surface area contributed by atoms with Crippen LogP contribution in [0.1, 0.15) is 21.7 Å². The van der Waals surface area contributed by atoms with Crippen LogP contribution in [0.25, 0.3) is 5.69 Å². The van der Waals surface area contributed by atoms with E-state index in [1.165, 1.54) is 35.2 Å². The van der Waals surface area contributed by atoms with Gasteiger partial charge >= 0.3 is 0 Å². The van der Waals surface area contributed by atoms with Gasteiger partial charge in [0.05, 0.1) is 19.0 Å². The summed E-state index contributed by atoms with van der Waals surface area (Å²) in [7, 11) is 0. The number of ketones is 1. The minimum atomic E-state index is -0.300. The molecular formula is C20H21FN4O2S2. The van der Waals surface area contributed by atoms with Gasteiger partial charge in [-0.15, -0.1) is 10.2 Å². The van der Waals surface area contributed by atoms with E-state index in [0.717, 1.165) is 33.9 Å². The van der Waals surface area contributed by atoms with E-state index in [1.54, 1.807) is 6.07 Å². The number of Topliss-reactive ketones (excluding diaryl/α,β-unsaturated/α-hetero) is 1. The van der Waals surface area contributed by atoms with Crippen molar-refractivity contribution in [3.8, 4) is 5.69 Å². The summed E-state index contributed by atoms with van der Waals surface area (Å²) < 4.78 is 21.7. The second-order valence-electron chi connectivity index (χ2n) is 6.76. The average Bonchev–Trinajstić information content (AvgIpc) is 3.31. The molecule has 1 saturated heterocycles. The number of ether oxygens (including phenoxy) is 1. The Morgan fingerprint density at radius 3 is 2.79 bits per heavy atom. The molecule has 0 aliphatic carbocycles. The van der Waals surface area contributed by atoms with E-state index in [-0.39, 0.29) is 17.4 Å². The minimum Gasteiger partial charge on any atom is -0.378 e. The van der Waals surface area contributed by atoms with Gasteiger partial charge in [-0.25, -0.2) is 4.39 Å². The van der Waals surface area contributed by atoms with Gasteiger partial charge in [0, 0.05) is 35.7 Å². The Morgan fingerprint density at radius 2 is 2.03 bits per heavy atom. The summed E-state index contributed by atoms with van der Waals surface area (Å²) in [6.07, 6.45) is 0. The predicted molar refractivity (Wildman–Crippen MR) is 113 cm³/mol. The third-order valence-electron chi connectivity index (χ3n) is 4.80. The van der Waals surface area contributed by atoms with E-state index in [2.05, 4.69) is 15.1 Å². The molecule has 3 heterocycles. The molecule has 1 aromatic carbocycles.